The third kappa shape index (κ3) is 1.20. The van der Waals surface area contributed by atoms with Crippen molar-refractivity contribution in [3.8, 4) is 0 Å². The Morgan fingerprint density at radius 3 is 2.10 bits per heavy atom. The van der Waals surface area contributed by atoms with Crippen LogP contribution in [0.2, 0.25) is 0 Å². The van der Waals surface area contributed by atoms with Crippen molar-refractivity contribution >= 4 is 0 Å². The molecule has 1 rings (SSSR count). The average Bonchev–Trinajstić information content (AvgIpc) is 1.77. The van der Waals surface area contributed by atoms with Gasteiger partial charge in [0, 0.05) is 6.54 Å². The minimum Gasteiger partial charge on any atom is -0.319 e. The average molecular weight is 141 g/mol. The molecule has 1 fully saturated rings. The predicted octanol–water partition coefficient (Wildman–Crippen LogP) is 2.03. The summed E-state index contributed by atoms with van der Waals surface area (Å²) in [5, 5.41) is 3.29. The topological polar surface area (TPSA) is 12.0 Å². The lowest BCUT2D eigenvalue weighted by Gasteiger charge is -2.45. The van der Waals surface area contributed by atoms with E-state index in [-0.39, 0.29) is 0 Å². The second-order valence-electron chi connectivity index (χ2n) is 3.90. The maximum Gasteiger partial charge on any atom is 0.000725 e. The molecular formula is C9H19N. The Bertz CT molecular complexity index is 103. The van der Waals surface area contributed by atoms with Gasteiger partial charge in [-0.25, -0.2) is 0 Å². The standard InChI is InChI=1S/C9H19N/c1-8(2)9(7-10-3)5-4-6-9/h8,10H,4-7H2,1-3H3. The Kier molecular flexibility index (Phi) is 2.35. The van der Waals surface area contributed by atoms with E-state index in [1.807, 2.05) is 0 Å². The lowest BCUT2D eigenvalue weighted by Crippen LogP contribution is -2.42. The molecule has 0 saturated heterocycles. The first-order chi connectivity index (χ1) is 4.71. The summed E-state index contributed by atoms with van der Waals surface area (Å²) in [7, 11) is 2.06. The highest BCUT2D eigenvalue weighted by Crippen LogP contribution is 2.46. The molecule has 0 spiro atoms. The smallest absolute Gasteiger partial charge is 0.000725 e. The summed E-state index contributed by atoms with van der Waals surface area (Å²) in [6.45, 7) is 5.90. The van der Waals surface area contributed by atoms with Crippen molar-refractivity contribution in [1.29, 1.82) is 0 Å². The molecule has 60 valence electrons. The van der Waals surface area contributed by atoms with Crippen LogP contribution in [0.4, 0.5) is 0 Å². The van der Waals surface area contributed by atoms with Gasteiger partial charge >= 0.3 is 0 Å². The molecule has 0 bridgehead atoms. The molecule has 0 amide bonds. The van der Waals surface area contributed by atoms with Crippen LogP contribution in [0.1, 0.15) is 33.1 Å². The molecule has 1 saturated carbocycles. The fourth-order valence-electron chi connectivity index (χ4n) is 1.94. The van der Waals surface area contributed by atoms with Crippen LogP contribution in [0.25, 0.3) is 0 Å². The van der Waals surface area contributed by atoms with Crippen LogP contribution in [-0.2, 0) is 0 Å². The lowest BCUT2D eigenvalue weighted by atomic mass is 9.62. The number of hydrogen-bond donors (Lipinski definition) is 1. The molecule has 1 nitrogen and oxygen atoms in total. The van der Waals surface area contributed by atoms with Crippen LogP contribution in [0.3, 0.4) is 0 Å². The van der Waals surface area contributed by atoms with Crippen molar-refractivity contribution in [2.45, 2.75) is 33.1 Å². The van der Waals surface area contributed by atoms with Gasteiger partial charge in [-0.1, -0.05) is 20.3 Å². The maximum absolute atomic E-state index is 3.29. The monoisotopic (exact) mass is 141 g/mol. The van der Waals surface area contributed by atoms with Gasteiger partial charge in [-0.3, -0.25) is 0 Å². The van der Waals surface area contributed by atoms with Gasteiger partial charge in [0.1, 0.15) is 0 Å². The third-order valence-corrected chi connectivity index (χ3v) is 3.10. The molecule has 1 heteroatoms. The lowest BCUT2D eigenvalue weighted by molar-refractivity contribution is 0.0706. The van der Waals surface area contributed by atoms with E-state index in [1.54, 1.807) is 0 Å². The van der Waals surface area contributed by atoms with E-state index in [0.29, 0.717) is 5.41 Å². The summed E-state index contributed by atoms with van der Waals surface area (Å²) in [6.07, 6.45) is 4.32. The van der Waals surface area contributed by atoms with E-state index in [9.17, 15) is 0 Å². The zero-order valence-corrected chi connectivity index (χ0v) is 7.41. The highest BCUT2D eigenvalue weighted by Gasteiger charge is 2.38. The fraction of sp³-hybridized carbons (Fsp3) is 1.00. The van der Waals surface area contributed by atoms with Gasteiger partial charge in [0.05, 0.1) is 0 Å². The quantitative estimate of drug-likeness (QED) is 0.634. The van der Waals surface area contributed by atoms with Gasteiger partial charge in [-0.15, -0.1) is 0 Å². The summed E-state index contributed by atoms with van der Waals surface area (Å²) in [6, 6.07) is 0. The molecule has 0 aliphatic heterocycles. The van der Waals surface area contributed by atoms with Crippen LogP contribution < -0.4 is 5.32 Å². The Morgan fingerprint density at radius 2 is 2.00 bits per heavy atom. The van der Waals surface area contributed by atoms with Gasteiger partial charge < -0.3 is 5.32 Å². The van der Waals surface area contributed by atoms with Gasteiger partial charge in [0.25, 0.3) is 0 Å². The first-order valence-corrected chi connectivity index (χ1v) is 4.36. The third-order valence-electron chi connectivity index (χ3n) is 3.10. The van der Waals surface area contributed by atoms with E-state index < -0.39 is 0 Å². The maximum atomic E-state index is 3.29. The SMILES string of the molecule is CNCC1(C(C)C)CCC1. The normalized spacial score (nSPS) is 22.8. The van der Waals surface area contributed by atoms with E-state index in [4.69, 9.17) is 0 Å². The van der Waals surface area contributed by atoms with E-state index >= 15 is 0 Å². The first kappa shape index (κ1) is 8.06. The molecule has 10 heavy (non-hydrogen) atoms. The van der Waals surface area contributed by atoms with Crippen molar-refractivity contribution in [3.63, 3.8) is 0 Å². The highest BCUT2D eigenvalue weighted by atomic mass is 14.8. The first-order valence-electron chi connectivity index (χ1n) is 4.36. The molecule has 0 aromatic heterocycles. The van der Waals surface area contributed by atoms with E-state index in [1.165, 1.54) is 25.8 Å². The zero-order valence-electron chi connectivity index (χ0n) is 7.41. The molecule has 0 heterocycles. The summed E-state index contributed by atoms with van der Waals surface area (Å²) >= 11 is 0. The van der Waals surface area contributed by atoms with Crippen LogP contribution in [-0.4, -0.2) is 13.6 Å². The molecule has 0 atom stereocenters. The second-order valence-corrected chi connectivity index (χ2v) is 3.90. The molecule has 0 aromatic carbocycles. The number of hydrogen-bond acceptors (Lipinski definition) is 1. The molecular weight excluding hydrogens is 122 g/mol. The molecule has 1 aliphatic carbocycles. The zero-order chi connectivity index (χ0) is 7.61. The highest BCUT2D eigenvalue weighted by molar-refractivity contribution is 4.91. The molecule has 1 aliphatic rings. The largest absolute Gasteiger partial charge is 0.319 e. The Labute approximate surface area is 64.2 Å². The minimum atomic E-state index is 0.661. The summed E-state index contributed by atoms with van der Waals surface area (Å²) < 4.78 is 0. The van der Waals surface area contributed by atoms with Crippen molar-refractivity contribution in [3.05, 3.63) is 0 Å². The Balaban J connectivity index is 2.42. The molecule has 1 N–H and O–H groups in total. The summed E-state index contributed by atoms with van der Waals surface area (Å²) in [5.74, 6) is 0.855. The van der Waals surface area contributed by atoms with Crippen LogP contribution >= 0.6 is 0 Å². The van der Waals surface area contributed by atoms with E-state index in [2.05, 4.69) is 26.2 Å². The van der Waals surface area contributed by atoms with Gasteiger partial charge in [-0.05, 0) is 31.2 Å². The second kappa shape index (κ2) is 2.91. The Morgan fingerprint density at radius 1 is 1.40 bits per heavy atom. The number of nitrogens with one attached hydrogen (secondary N) is 1. The van der Waals surface area contributed by atoms with Gasteiger partial charge in [-0.2, -0.15) is 0 Å². The fourth-order valence-corrected chi connectivity index (χ4v) is 1.94. The van der Waals surface area contributed by atoms with Crippen molar-refractivity contribution in [1.82, 2.24) is 5.32 Å². The summed E-state index contributed by atoms with van der Waals surface area (Å²) in [5.41, 5.74) is 0.661. The van der Waals surface area contributed by atoms with Gasteiger partial charge in [0.15, 0.2) is 0 Å². The van der Waals surface area contributed by atoms with Crippen LogP contribution in [0, 0.1) is 11.3 Å². The van der Waals surface area contributed by atoms with Crippen LogP contribution in [0.15, 0.2) is 0 Å². The molecule has 0 radical (unpaired) electrons. The van der Waals surface area contributed by atoms with E-state index in [0.717, 1.165) is 5.92 Å². The van der Waals surface area contributed by atoms with Crippen molar-refractivity contribution in [2.75, 3.05) is 13.6 Å². The van der Waals surface area contributed by atoms with Crippen LogP contribution in [0.5, 0.6) is 0 Å². The predicted molar refractivity (Wildman–Crippen MR) is 45.0 cm³/mol. The van der Waals surface area contributed by atoms with Gasteiger partial charge in [0.2, 0.25) is 0 Å². The van der Waals surface area contributed by atoms with Crippen molar-refractivity contribution in [2.24, 2.45) is 11.3 Å². The minimum absolute atomic E-state index is 0.661. The molecule has 0 unspecified atom stereocenters. The van der Waals surface area contributed by atoms with Crippen molar-refractivity contribution < 1.29 is 0 Å². The molecule has 0 aromatic rings. The summed E-state index contributed by atoms with van der Waals surface area (Å²) in [4.78, 5) is 0. The number of rotatable bonds is 3. The Hall–Kier alpha value is -0.0400.